The molecule has 0 bridgehead atoms. The SMILES string of the molecule is CN(C)CCC(Oc1cc(F)ccc1Br)c1cccs1.CS(C)(C)CCOC=O. The first kappa shape index (κ1) is 25.9. The number of carbonyl (C=O) groups excluding carboxylic acids is 1. The molecule has 1 unspecified atom stereocenters. The molecule has 0 amide bonds. The van der Waals surface area contributed by atoms with Gasteiger partial charge in [0.25, 0.3) is 6.47 Å². The van der Waals surface area contributed by atoms with Crippen LogP contribution in [0.2, 0.25) is 0 Å². The number of thiophene rings is 1. The summed E-state index contributed by atoms with van der Waals surface area (Å²) in [4.78, 5) is 12.9. The van der Waals surface area contributed by atoms with Crippen LogP contribution in [0.1, 0.15) is 17.4 Å². The zero-order valence-corrected chi connectivity index (χ0v) is 20.9. The maximum Gasteiger partial charge on any atom is 0.293 e. The molecule has 0 aliphatic carbocycles. The highest BCUT2D eigenvalue weighted by Crippen LogP contribution is 2.34. The molecule has 0 aliphatic rings. The lowest BCUT2D eigenvalue weighted by Gasteiger charge is -2.23. The number of benzene rings is 1. The van der Waals surface area contributed by atoms with Gasteiger partial charge >= 0.3 is 0 Å². The molecule has 1 atom stereocenters. The number of carbonyl (C=O) groups is 1. The van der Waals surface area contributed by atoms with Gasteiger partial charge in [-0.05, 0) is 72.4 Å². The van der Waals surface area contributed by atoms with Crippen LogP contribution in [-0.2, 0) is 9.53 Å². The molecule has 0 radical (unpaired) electrons. The third kappa shape index (κ3) is 11.6. The summed E-state index contributed by atoms with van der Waals surface area (Å²) in [6.07, 6.45) is 7.38. The minimum Gasteiger partial charge on any atom is -0.484 e. The Hall–Kier alpha value is -1.09. The molecule has 1 aromatic carbocycles. The summed E-state index contributed by atoms with van der Waals surface area (Å²) in [6, 6.07) is 8.56. The molecule has 29 heavy (non-hydrogen) atoms. The molecular weight excluding hydrogens is 477 g/mol. The second kappa shape index (κ2) is 13.3. The van der Waals surface area contributed by atoms with E-state index in [-0.39, 0.29) is 11.9 Å². The third-order valence-corrected chi connectivity index (χ3v) is 6.75. The number of nitrogens with zero attached hydrogens (tertiary/aromatic N) is 1. The van der Waals surface area contributed by atoms with E-state index in [9.17, 15) is 9.18 Å². The van der Waals surface area contributed by atoms with Crippen molar-refractivity contribution in [2.75, 3.05) is 51.8 Å². The van der Waals surface area contributed by atoms with Crippen LogP contribution in [-0.4, -0.2) is 63.1 Å². The Labute approximate surface area is 187 Å². The first-order valence-corrected chi connectivity index (χ1v) is 13.8. The minimum absolute atomic E-state index is 0.0597. The molecule has 0 N–H and O–H groups in total. The second-order valence-electron chi connectivity index (χ2n) is 7.55. The van der Waals surface area contributed by atoms with Crippen molar-refractivity contribution in [3.63, 3.8) is 0 Å². The highest BCUT2D eigenvalue weighted by Gasteiger charge is 2.17. The van der Waals surface area contributed by atoms with Crippen molar-refractivity contribution in [2.24, 2.45) is 0 Å². The van der Waals surface area contributed by atoms with E-state index in [0.29, 0.717) is 18.8 Å². The van der Waals surface area contributed by atoms with Crippen LogP contribution in [0, 0.1) is 5.82 Å². The zero-order valence-electron chi connectivity index (χ0n) is 17.7. The molecule has 0 spiro atoms. The monoisotopic (exact) mass is 507 g/mol. The highest BCUT2D eigenvalue weighted by molar-refractivity contribution is 9.10. The molecule has 0 aliphatic heterocycles. The van der Waals surface area contributed by atoms with E-state index in [1.165, 1.54) is 12.1 Å². The number of halogens is 2. The van der Waals surface area contributed by atoms with Gasteiger partial charge in [0.2, 0.25) is 0 Å². The first-order chi connectivity index (χ1) is 13.6. The van der Waals surface area contributed by atoms with Gasteiger partial charge < -0.3 is 14.4 Å². The van der Waals surface area contributed by atoms with E-state index in [1.54, 1.807) is 17.4 Å². The fourth-order valence-electron chi connectivity index (χ4n) is 2.18. The Morgan fingerprint density at radius 3 is 2.55 bits per heavy atom. The van der Waals surface area contributed by atoms with Gasteiger partial charge in [-0.25, -0.2) is 14.4 Å². The molecule has 4 nitrogen and oxygen atoms in total. The summed E-state index contributed by atoms with van der Waals surface area (Å²) < 4.78 is 24.7. The Kier molecular flexibility index (Phi) is 11.9. The zero-order chi connectivity index (χ0) is 21.9. The van der Waals surface area contributed by atoms with Gasteiger partial charge in [-0.2, -0.15) is 0 Å². The molecule has 1 aromatic heterocycles. The van der Waals surface area contributed by atoms with Crippen molar-refractivity contribution in [1.82, 2.24) is 4.90 Å². The Bertz CT molecular complexity index is 721. The van der Waals surface area contributed by atoms with E-state index < -0.39 is 10.0 Å². The lowest BCUT2D eigenvalue weighted by Crippen LogP contribution is -2.18. The first-order valence-electron chi connectivity index (χ1n) is 9.13. The number of hydrogen-bond donors (Lipinski definition) is 0. The highest BCUT2D eigenvalue weighted by atomic mass is 79.9. The summed E-state index contributed by atoms with van der Waals surface area (Å²) in [5.41, 5.74) is 0. The summed E-state index contributed by atoms with van der Waals surface area (Å²) in [5.74, 6) is 1.26. The van der Waals surface area contributed by atoms with Crippen molar-refractivity contribution in [3.05, 3.63) is 50.9 Å². The second-order valence-corrected chi connectivity index (χ2v) is 14.0. The summed E-state index contributed by atoms with van der Waals surface area (Å²) in [5, 5.41) is 2.03. The van der Waals surface area contributed by atoms with E-state index in [2.05, 4.69) is 50.4 Å². The quantitative estimate of drug-likeness (QED) is 0.311. The minimum atomic E-state index is -0.480. The molecule has 2 rings (SSSR count). The molecule has 0 fully saturated rings. The molecule has 0 saturated heterocycles. The van der Waals surface area contributed by atoms with Gasteiger partial charge in [0.05, 0.1) is 11.1 Å². The fraction of sp³-hybridized carbons (Fsp3) is 0.476. The number of hydrogen-bond acceptors (Lipinski definition) is 5. The Balaban J connectivity index is 0.000000396. The molecule has 1 heterocycles. The van der Waals surface area contributed by atoms with Crippen molar-refractivity contribution in [2.45, 2.75) is 12.5 Å². The Morgan fingerprint density at radius 1 is 1.28 bits per heavy atom. The molecule has 0 saturated carbocycles. The van der Waals surface area contributed by atoms with Crippen LogP contribution in [0.4, 0.5) is 4.39 Å². The maximum absolute atomic E-state index is 13.3. The Morgan fingerprint density at radius 2 is 2.00 bits per heavy atom. The number of ether oxygens (including phenoxy) is 2. The normalized spacial score (nSPS) is 12.7. The van der Waals surface area contributed by atoms with Gasteiger partial charge in [0.15, 0.2) is 0 Å². The lowest BCUT2D eigenvalue weighted by atomic mass is 10.2. The van der Waals surface area contributed by atoms with E-state index in [4.69, 9.17) is 4.74 Å². The molecule has 2 aromatic rings. The van der Waals surface area contributed by atoms with E-state index >= 15 is 0 Å². The average molecular weight is 509 g/mol. The van der Waals surface area contributed by atoms with Crippen LogP contribution >= 0.6 is 37.3 Å². The lowest BCUT2D eigenvalue weighted by molar-refractivity contribution is -0.128. The fourth-order valence-corrected chi connectivity index (χ4v) is 3.90. The van der Waals surface area contributed by atoms with Crippen LogP contribution < -0.4 is 4.74 Å². The van der Waals surface area contributed by atoms with Crippen LogP contribution in [0.3, 0.4) is 0 Å². The smallest absolute Gasteiger partial charge is 0.293 e. The van der Waals surface area contributed by atoms with Crippen LogP contribution in [0.5, 0.6) is 5.75 Å². The van der Waals surface area contributed by atoms with Crippen LogP contribution in [0.15, 0.2) is 40.2 Å². The standard InChI is InChI=1S/C15H17BrFNOS.C6H14O2S/c1-18(2)8-7-13(15-4-3-9-20-15)19-14-10-11(17)5-6-12(14)16;1-9(2,3)5-4-8-6-7/h3-6,9-10,13H,7-8H2,1-2H3;6H,4-5H2,1-3H3. The largest absolute Gasteiger partial charge is 0.484 e. The maximum atomic E-state index is 13.3. The molecule has 164 valence electrons. The van der Waals surface area contributed by atoms with Crippen molar-refractivity contribution in [1.29, 1.82) is 0 Å². The van der Waals surface area contributed by atoms with Crippen molar-refractivity contribution < 1.29 is 18.7 Å². The van der Waals surface area contributed by atoms with Gasteiger partial charge in [-0.1, -0.05) is 6.07 Å². The summed E-state index contributed by atoms with van der Waals surface area (Å²) >= 11 is 5.06. The van der Waals surface area contributed by atoms with E-state index in [1.807, 2.05) is 25.5 Å². The van der Waals surface area contributed by atoms with Gasteiger partial charge in [0.1, 0.15) is 17.7 Å². The van der Waals surface area contributed by atoms with Gasteiger partial charge in [-0.3, -0.25) is 4.79 Å². The molecular formula is C21H31BrFNO3S2. The van der Waals surface area contributed by atoms with Gasteiger partial charge in [0, 0.05) is 29.7 Å². The topological polar surface area (TPSA) is 38.8 Å². The van der Waals surface area contributed by atoms with Crippen LogP contribution in [0.25, 0.3) is 0 Å². The summed E-state index contributed by atoms with van der Waals surface area (Å²) in [7, 11) is 3.58. The predicted octanol–water partition coefficient (Wildman–Crippen LogP) is 5.57. The summed E-state index contributed by atoms with van der Waals surface area (Å²) in [6.45, 7) is 1.99. The van der Waals surface area contributed by atoms with E-state index in [0.717, 1.165) is 28.1 Å². The third-order valence-electron chi connectivity index (χ3n) is 3.74. The van der Waals surface area contributed by atoms with Gasteiger partial charge in [-0.15, -0.1) is 11.3 Å². The van der Waals surface area contributed by atoms with Crippen molar-refractivity contribution in [3.8, 4) is 5.75 Å². The molecule has 8 heteroatoms. The predicted molar refractivity (Wildman–Crippen MR) is 127 cm³/mol. The van der Waals surface area contributed by atoms with Crippen molar-refractivity contribution >= 4 is 43.8 Å². The number of rotatable bonds is 10. The average Bonchev–Trinajstić information content (AvgIpc) is 3.15.